The van der Waals surface area contributed by atoms with Gasteiger partial charge in [-0.2, -0.15) is 0 Å². The monoisotopic (exact) mass is 403 g/mol. The predicted octanol–water partition coefficient (Wildman–Crippen LogP) is 4.82. The Balaban J connectivity index is 1.74. The maximum absolute atomic E-state index is 13.8. The smallest absolute Gasteiger partial charge is 0.291 e. The van der Waals surface area contributed by atoms with E-state index in [9.17, 15) is 18.4 Å². The highest BCUT2D eigenvalue weighted by molar-refractivity contribution is 5.99. The van der Waals surface area contributed by atoms with E-state index in [2.05, 4.69) is 0 Å². The van der Waals surface area contributed by atoms with Crippen LogP contribution in [-0.4, -0.2) is 10.8 Å². The number of nitrogens with zero attached hydrogens (tertiary/aromatic N) is 1. The number of carbonyl (C=O) groups is 1. The number of amides is 1. The first-order valence-corrected chi connectivity index (χ1v) is 9.39. The number of benzene rings is 3. The Morgan fingerprint density at radius 3 is 2.30 bits per heavy atom. The molecule has 1 aromatic heterocycles. The lowest BCUT2D eigenvalue weighted by Gasteiger charge is -2.25. The minimum absolute atomic E-state index is 0.0650. The van der Waals surface area contributed by atoms with Crippen LogP contribution in [0.1, 0.15) is 33.3 Å². The van der Waals surface area contributed by atoms with Crippen molar-refractivity contribution in [3.05, 3.63) is 117 Å². The van der Waals surface area contributed by atoms with Gasteiger partial charge >= 0.3 is 0 Å². The number of halogens is 2. The van der Waals surface area contributed by atoms with Gasteiger partial charge in [0.15, 0.2) is 5.43 Å². The molecule has 1 aliphatic rings. The summed E-state index contributed by atoms with van der Waals surface area (Å²) >= 11 is 0. The quantitative estimate of drug-likeness (QED) is 0.493. The second-order valence-electron chi connectivity index (χ2n) is 7.19. The van der Waals surface area contributed by atoms with Crippen LogP contribution in [0.25, 0.3) is 11.0 Å². The molecular formula is C24H15F2NO3. The van der Waals surface area contributed by atoms with Crippen LogP contribution in [0.3, 0.4) is 0 Å². The molecule has 1 aliphatic heterocycles. The molecule has 2 heterocycles. The molecule has 6 heteroatoms. The molecule has 4 nitrogen and oxygen atoms in total. The summed E-state index contributed by atoms with van der Waals surface area (Å²) in [5, 5.41) is 0.0650. The van der Waals surface area contributed by atoms with Gasteiger partial charge in [-0.1, -0.05) is 42.5 Å². The van der Waals surface area contributed by atoms with E-state index in [-0.39, 0.29) is 28.8 Å². The van der Waals surface area contributed by atoms with Crippen LogP contribution >= 0.6 is 0 Å². The fourth-order valence-electron chi connectivity index (χ4n) is 3.93. The summed E-state index contributed by atoms with van der Waals surface area (Å²) in [5.41, 5.74) is 1.26. The first-order valence-electron chi connectivity index (χ1n) is 9.39. The maximum atomic E-state index is 13.8. The van der Waals surface area contributed by atoms with Crippen molar-refractivity contribution in [1.82, 2.24) is 4.90 Å². The van der Waals surface area contributed by atoms with Gasteiger partial charge in [0.1, 0.15) is 17.2 Å². The van der Waals surface area contributed by atoms with Crippen molar-refractivity contribution in [2.24, 2.45) is 0 Å². The van der Waals surface area contributed by atoms with Crippen molar-refractivity contribution in [1.29, 1.82) is 0 Å². The molecule has 5 rings (SSSR count). The molecule has 0 saturated heterocycles. The average Bonchev–Trinajstić information content (AvgIpc) is 3.02. The Hall–Kier alpha value is -3.80. The second-order valence-corrected chi connectivity index (χ2v) is 7.19. The van der Waals surface area contributed by atoms with E-state index in [1.165, 1.54) is 41.3 Å². The van der Waals surface area contributed by atoms with E-state index in [1.54, 1.807) is 0 Å². The van der Waals surface area contributed by atoms with Crippen molar-refractivity contribution in [3.8, 4) is 0 Å². The molecular weight excluding hydrogens is 388 g/mol. The standard InChI is InChI=1S/C24H15F2NO3/c25-16-8-6-15(7-9-16)21-20-22(28)18-12-17(26)10-11-19(18)30-23(20)24(29)27(21)13-14-4-2-1-3-5-14/h1-12,21H,13H2. The third kappa shape index (κ3) is 2.88. The van der Waals surface area contributed by atoms with Crippen LogP contribution in [0.4, 0.5) is 8.78 Å². The molecule has 30 heavy (non-hydrogen) atoms. The third-order valence-electron chi connectivity index (χ3n) is 5.31. The SMILES string of the molecule is O=C1c2oc3ccc(F)cc3c(=O)c2C(c2ccc(F)cc2)N1Cc1ccccc1. The van der Waals surface area contributed by atoms with Gasteiger partial charge in [0.2, 0.25) is 5.76 Å². The van der Waals surface area contributed by atoms with Crippen LogP contribution in [0.15, 0.2) is 82.0 Å². The topological polar surface area (TPSA) is 50.5 Å². The van der Waals surface area contributed by atoms with E-state index in [1.807, 2.05) is 30.3 Å². The number of rotatable bonds is 3. The fraction of sp³-hybridized carbons (Fsp3) is 0.0833. The molecule has 3 aromatic carbocycles. The van der Waals surface area contributed by atoms with E-state index in [0.717, 1.165) is 11.6 Å². The van der Waals surface area contributed by atoms with Gasteiger partial charge in [0.25, 0.3) is 5.91 Å². The van der Waals surface area contributed by atoms with Crippen LogP contribution in [0, 0.1) is 11.6 Å². The molecule has 0 saturated carbocycles. The van der Waals surface area contributed by atoms with E-state index < -0.39 is 29.0 Å². The van der Waals surface area contributed by atoms with Gasteiger partial charge in [-0.15, -0.1) is 0 Å². The zero-order valence-corrected chi connectivity index (χ0v) is 15.6. The molecule has 1 atom stereocenters. The Kier molecular flexibility index (Phi) is 4.20. The summed E-state index contributed by atoms with van der Waals surface area (Å²) in [4.78, 5) is 28.1. The summed E-state index contributed by atoms with van der Waals surface area (Å²) in [6, 6.07) is 17.8. The summed E-state index contributed by atoms with van der Waals surface area (Å²) in [5.74, 6) is -1.50. The Morgan fingerprint density at radius 1 is 0.867 bits per heavy atom. The first kappa shape index (κ1) is 18.2. The van der Waals surface area contributed by atoms with Crippen molar-refractivity contribution >= 4 is 16.9 Å². The lowest BCUT2D eigenvalue weighted by molar-refractivity contribution is 0.0714. The van der Waals surface area contributed by atoms with Crippen LogP contribution < -0.4 is 5.43 Å². The summed E-state index contributed by atoms with van der Waals surface area (Å²) < 4.78 is 33.1. The fourth-order valence-corrected chi connectivity index (χ4v) is 3.93. The molecule has 0 spiro atoms. The average molecular weight is 403 g/mol. The van der Waals surface area contributed by atoms with E-state index >= 15 is 0 Å². The minimum atomic E-state index is -0.766. The molecule has 1 unspecified atom stereocenters. The summed E-state index contributed by atoms with van der Waals surface area (Å²) in [6.45, 7) is 0.232. The molecule has 0 bridgehead atoms. The maximum Gasteiger partial charge on any atom is 0.291 e. The third-order valence-corrected chi connectivity index (χ3v) is 5.31. The Bertz CT molecular complexity index is 1330. The lowest BCUT2D eigenvalue weighted by atomic mass is 9.98. The van der Waals surface area contributed by atoms with Crippen LogP contribution in [-0.2, 0) is 6.54 Å². The second kappa shape index (κ2) is 6.91. The molecule has 0 radical (unpaired) electrons. The van der Waals surface area contributed by atoms with Crippen molar-refractivity contribution in [2.45, 2.75) is 12.6 Å². The molecule has 0 fully saturated rings. The predicted molar refractivity (Wildman–Crippen MR) is 107 cm³/mol. The number of hydrogen-bond acceptors (Lipinski definition) is 3. The van der Waals surface area contributed by atoms with Crippen LogP contribution in [0.2, 0.25) is 0 Å². The van der Waals surface area contributed by atoms with Crippen molar-refractivity contribution < 1.29 is 18.0 Å². The Labute approximate surface area is 170 Å². The summed E-state index contributed by atoms with van der Waals surface area (Å²) in [7, 11) is 0. The Morgan fingerprint density at radius 2 is 1.57 bits per heavy atom. The van der Waals surface area contributed by atoms with Gasteiger partial charge < -0.3 is 9.32 Å². The highest BCUT2D eigenvalue weighted by Gasteiger charge is 2.42. The van der Waals surface area contributed by atoms with Gasteiger partial charge in [-0.05, 0) is 41.5 Å². The molecule has 4 aromatic rings. The molecule has 1 amide bonds. The van der Waals surface area contributed by atoms with E-state index in [0.29, 0.717) is 5.56 Å². The number of hydrogen-bond donors (Lipinski definition) is 0. The minimum Gasteiger partial charge on any atom is -0.450 e. The normalized spacial score (nSPS) is 15.6. The van der Waals surface area contributed by atoms with Gasteiger partial charge in [0, 0.05) is 6.54 Å². The molecule has 148 valence electrons. The van der Waals surface area contributed by atoms with Gasteiger partial charge in [-0.25, -0.2) is 8.78 Å². The zero-order valence-electron chi connectivity index (χ0n) is 15.6. The van der Waals surface area contributed by atoms with Crippen LogP contribution in [0.5, 0.6) is 0 Å². The molecule has 0 N–H and O–H groups in total. The first-order chi connectivity index (χ1) is 14.5. The summed E-state index contributed by atoms with van der Waals surface area (Å²) in [6.07, 6.45) is 0. The highest BCUT2D eigenvalue weighted by Crippen LogP contribution is 2.39. The lowest BCUT2D eigenvalue weighted by Crippen LogP contribution is -2.29. The van der Waals surface area contributed by atoms with Gasteiger partial charge in [0.05, 0.1) is 17.0 Å². The number of fused-ring (bicyclic) bond motifs is 2. The largest absolute Gasteiger partial charge is 0.450 e. The highest BCUT2D eigenvalue weighted by atomic mass is 19.1. The molecule has 0 aliphatic carbocycles. The van der Waals surface area contributed by atoms with Gasteiger partial charge in [-0.3, -0.25) is 9.59 Å². The van der Waals surface area contributed by atoms with E-state index in [4.69, 9.17) is 4.42 Å². The van der Waals surface area contributed by atoms with Crippen molar-refractivity contribution in [3.63, 3.8) is 0 Å². The zero-order chi connectivity index (χ0) is 20.8. The number of carbonyl (C=O) groups excluding carboxylic acids is 1. The van der Waals surface area contributed by atoms with Crippen molar-refractivity contribution in [2.75, 3.05) is 0 Å².